The first-order chi connectivity index (χ1) is 13.6. The molecule has 158 valence electrons. The molecule has 0 spiro atoms. The van der Waals surface area contributed by atoms with Crippen molar-refractivity contribution in [2.75, 3.05) is 10.6 Å². The smallest absolute Gasteiger partial charge is 0.244 e. The van der Waals surface area contributed by atoms with Gasteiger partial charge in [-0.25, -0.2) is 8.42 Å². The molecule has 0 saturated carbocycles. The SMILES string of the molecule is CCc1ccc(C(C)NC(=O)C(CC)N(c2cc(C)cc(C)c2)S(C)(=O)=O)cc1. The third-order valence-electron chi connectivity index (χ3n) is 5.04. The Hall–Kier alpha value is -2.34. The standard InChI is InChI=1S/C23H32N2O3S/c1-7-19-9-11-20(12-10-19)18(5)24-23(26)22(8-2)25(29(6,27)28)21-14-16(3)13-17(4)15-21/h9-15,18,22H,7-8H2,1-6H3,(H,24,26). The van der Waals surface area contributed by atoms with Gasteiger partial charge in [0.25, 0.3) is 0 Å². The van der Waals surface area contributed by atoms with Crippen LogP contribution in [0.5, 0.6) is 0 Å². The lowest BCUT2D eigenvalue weighted by Crippen LogP contribution is -2.49. The second kappa shape index (κ2) is 9.44. The van der Waals surface area contributed by atoms with Crippen molar-refractivity contribution in [2.45, 2.75) is 59.5 Å². The normalized spacial score (nSPS) is 13.6. The average Bonchev–Trinajstić information content (AvgIpc) is 2.63. The number of aryl methyl sites for hydroxylation is 3. The molecule has 2 aromatic rings. The van der Waals surface area contributed by atoms with Crippen molar-refractivity contribution < 1.29 is 13.2 Å². The lowest BCUT2D eigenvalue weighted by atomic mass is 10.0. The lowest BCUT2D eigenvalue weighted by Gasteiger charge is -2.31. The first-order valence-electron chi connectivity index (χ1n) is 10.0. The third-order valence-corrected chi connectivity index (χ3v) is 6.22. The average molecular weight is 417 g/mol. The summed E-state index contributed by atoms with van der Waals surface area (Å²) in [6, 6.07) is 12.7. The first-order valence-corrected chi connectivity index (χ1v) is 11.9. The fraction of sp³-hybridized carbons (Fsp3) is 0.435. The molecule has 0 radical (unpaired) electrons. The van der Waals surface area contributed by atoms with Crippen molar-refractivity contribution in [1.82, 2.24) is 5.32 Å². The highest BCUT2D eigenvalue weighted by Gasteiger charge is 2.32. The maximum Gasteiger partial charge on any atom is 0.244 e. The zero-order valence-electron chi connectivity index (χ0n) is 18.2. The molecule has 0 heterocycles. The number of hydrogen-bond acceptors (Lipinski definition) is 3. The van der Waals surface area contributed by atoms with E-state index >= 15 is 0 Å². The Balaban J connectivity index is 2.32. The fourth-order valence-electron chi connectivity index (χ4n) is 3.57. The van der Waals surface area contributed by atoms with Gasteiger partial charge in [-0.15, -0.1) is 0 Å². The molecule has 0 saturated heterocycles. The van der Waals surface area contributed by atoms with E-state index in [1.807, 2.05) is 58.0 Å². The molecule has 0 aliphatic rings. The zero-order valence-corrected chi connectivity index (χ0v) is 19.0. The minimum atomic E-state index is -3.64. The maximum atomic E-state index is 13.1. The van der Waals surface area contributed by atoms with E-state index in [2.05, 4.69) is 12.2 Å². The number of anilines is 1. The quantitative estimate of drug-likeness (QED) is 0.698. The number of benzene rings is 2. The summed E-state index contributed by atoms with van der Waals surface area (Å²) in [5.41, 5.74) is 4.65. The van der Waals surface area contributed by atoms with Gasteiger partial charge in [0.2, 0.25) is 15.9 Å². The number of rotatable bonds is 8. The van der Waals surface area contributed by atoms with E-state index in [-0.39, 0.29) is 11.9 Å². The Morgan fingerprint density at radius 2 is 1.59 bits per heavy atom. The van der Waals surface area contributed by atoms with Crippen molar-refractivity contribution >= 4 is 21.6 Å². The van der Waals surface area contributed by atoms with E-state index < -0.39 is 16.1 Å². The van der Waals surface area contributed by atoms with Crippen LogP contribution in [0.3, 0.4) is 0 Å². The molecule has 2 atom stereocenters. The van der Waals surface area contributed by atoms with Crippen LogP contribution in [0.25, 0.3) is 0 Å². The second-order valence-electron chi connectivity index (χ2n) is 7.65. The number of nitrogens with zero attached hydrogens (tertiary/aromatic N) is 1. The number of carbonyl (C=O) groups excluding carboxylic acids is 1. The molecule has 0 aromatic heterocycles. The number of carbonyl (C=O) groups is 1. The van der Waals surface area contributed by atoms with Crippen molar-refractivity contribution in [3.05, 3.63) is 64.7 Å². The van der Waals surface area contributed by atoms with Crippen LogP contribution in [0.1, 0.15) is 55.5 Å². The Labute approximate surface area is 175 Å². The molecule has 0 fully saturated rings. The fourth-order valence-corrected chi connectivity index (χ4v) is 4.77. The molecule has 6 heteroatoms. The van der Waals surface area contributed by atoms with Crippen LogP contribution in [-0.4, -0.2) is 26.6 Å². The number of sulfonamides is 1. The summed E-state index contributed by atoms with van der Waals surface area (Å²) in [7, 11) is -3.64. The van der Waals surface area contributed by atoms with Crippen molar-refractivity contribution in [1.29, 1.82) is 0 Å². The highest BCUT2D eigenvalue weighted by atomic mass is 32.2. The van der Waals surface area contributed by atoms with Crippen LogP contribution in [0.2, 0.25) is 0 Å². The largest absolute Gasteiger partial charge is 0.348 e. The molecule has 0 bridgehead atoms. The van der Waals surface area contributed by atoms with Gasteiger partial charge >= 0.3 is 0 Å². The summed E-state index contributed by atoms with van der Waals surface area (Å²) in [5, 5.41) is 2.99. The van der Waals surface area contributed by atoms with Gasteiger partial charge in [-0.2, -0.15) is 0 Å². The first kappa shape index (κ1) is 22.9. The number of hydrogen-bond donors (Lipinski definition) is 1. The summed E-state index contributed by atoms with van der Waals surface area (Å²) >= 11 is 0. The zero-order chi connectivity index (χ0) is 21.8. The lowest BCUT2D eigenvalue weighted by molar-refractivity contribution is -0.122. The van der Waals surface area contributed by atoms with Gasteiger partial charge in [-0.05, 0) is 68.0 Å². The van der Waals surface area contributed by atoms with Gasteiger partial charge in [0.1, 0.15) is 6.04 Å². The molecule has 1 N–H and O–H groups in total. The van der Waals surface area contributed by atoms with Crippen LogP contribution in [0.4, 0.5) is 5.69 Å². The van der Waals surface area contributed by atoms with Gasteiger partial charge in [-0.3, -0.25) is 9.10 Å². The predicted octanol–water partition coefficient (Wildman–Crippen LogP) is 4.29. The predicted molar refractivity (Wildman–Crippen MR) is 120 cm³/mol. The molecule has 5 nitrogen and oxygen atoms in total. The van der Waals surface area contributed by atoms with Crippen molar-refractivity contribution in [3.63, 3.8) is 0 Å². The maximum absolute atomic E-state index is 13.1. The molecule has 1 amide bonds. The van der Waals surface area contributed by atoms with E-state index in [1.165, 1.54) is 9.87 Å². The summed E-state index contributed by atoms with van der Waals surface area (Å²) in [6.45, 7) is 9.66. The summed E-state index contributed by atoms with van der Waals surface area (Å²) in [5.74, 6) is -0.302. The monoisotopic (exact) mass is 416 g/mol. The minimum absolute atomic E-state index is 0.219. The molecule has 29 heavy (non-hydrogen) atoms. The van der Waals surface area contributed by atoms with Gasteiger partial charge in [0, 0.05) is 0 Å². The highest BCUT2D eigenvalue weighted by Crippen LogP contribution is 2.26. The van der Waals surface area contributed by atoms with Gasteiger partial charge in [0.05, 0.1) is 18.0 Å². The molecular weight excluding hydrogens is 384 g/mol. The molecule has 2 aromatic carbocycles. The number of nitrogens with one attached hydrogen (secondary N) is 1. The molecule has 0 aliphatic carbocycles. The van der Waals surface area contributed by atoms with Crippen LogP contribution in [0, 0.1) is 13.8 Å². The third kappa shape index (κ3) is 5.82. The Morgan fingerprint density at radius 3 is 2.03 bits per heavy atom. The topological polar surface area (TPSA) is 66.5 Å². The van der Waals surface area contributed by atoms with Gasteiger partial charge in [0.15, 0.2) is 0 Å². The molecule has 0 aliphatic heterocycles. The second-order valence-corrected chi connectivity index (χ2v) is 9.51. The van der Waals surface area contributed by atoms with Crippen LogP contribution < -0.4 is 9.62 Å². The van der Waals surface area contributed by atoms with Crippen LogP contribution in [0.15, 0.2) is 42.5 Å². The number of amides is 1. The van der Waals surface area contributed by atoms with Gasteiger partial charge < -0.3 is 5.32 Å². The summed E-state index contributed by atoms with van der Waals surface area (Å²) in [4.78, 5) is 13.1. The van der Waals surface area contributed by atoms with Crippen LogP contribution >= 0.6 is 0 Å². The molecule has 2 unspecified atom stereocenters. The van der Waals surface area contributed by atoms with E-state index in [0.717, 1.165) is 29.4 Å². The minimum Gasteiger partial charge on any atom is -0.348 e. The Morgan fingerprint density at radius 1 is 1.03 bits per heavy atom. The Kier molecular flexibility index (Phi) is 7.47. The molecular formula is C23H32N2O3S. The van der Waals surface area contributed by atoms with E-state index in [0.29, 0.717) is 12.1 Å². The molecule has 2 rings (SSSR count). The summed E-state index contributed by atoms with van der Waals surface area (Å²) < 4.78 is 26.5. The van der Waals surface area contributed by atoms with E-state index in [4.69, 9.17) is 0 Å². The van der Waals surface area contributed by atoms with Crippen LogP contribution in [-0.2, 0) is 21.2 Å². The Bertz CT molecular complexity index is 932. The highest BCUT2D eigenvalue weighted by molar-refractivity contribution is 7.92. The summed E-state index contributed by atoms with van der Waals surface area (Å²) in [6.07, 6.45) is 2.47. The van der Waals surface area contributed by atoms with E-state index in [1.54, 1.807) is 12.1 Å². The van der Waals surface area contributed by atoms with Gasteiger partial charge in [-0.1, -0.05) is 44.2 Å². The van der Waals surface area contributed by atoms with E-state index in [9.17, 15) is 13.2 Å². The van der Waals surface area contributed by atoms with Crippen molar-refractivity contribution in [3.8, 4) is 0 Å². The van der Waals surface area contributed by atoms with Crippen molar-refractivity contribution in [2.24, 2.45) is 0 Å².